The lowest BCUT2D eigenvalue weighted by Crippen LogP contribution is -2.33. The Morgan fingerprint density at radius 1 is 1.17 bits per heavy atom. The summed E-state index contributed by atoms with van der Waals surface area (Å²) < 4.78 is 25.3. The molecule has 0 saturated carbocycles. The maximum atomic E-state index is 11.5. The molecule has 2 aromatic rings. The van der Waals surface area contributed by atoms with Crippen LogP contribution >= 0.6 is 0 Å². The van der Waals surface area contributed by atoms with E-state index in [9.17, 15) is 8.42 Å². The third-order valence-electron chi connectivity index (χ3n) is 4.80. The minimum Gasteiger partial charge on any atom is -0.335 e. The molecular formula is C18H25N3O2S. The lowest BCUT2D eigenvalue weighted by atomic mass is 9.95. The van der Waals surface area contributed by atoms with E-state index in [0.29, 0.717) is 10.8 Å². The highest BCUT2D eigenvalue weighted by Gasteiger charge is 2.23. The maximum absolute atomic E-state index is 11.5. The first kappa shape index (κ1) is 17.2. The highest BCUT2D eigenvalue weighted by molar-refractivity contribution is 7.90. The van der Waals surface area contributed by atoms with E-state index < -0.39 is 9.84 Å². The van der Waals surface area contributed by atoms with E-state index in [4.69, 9.17) is 0 Å². The monoisotopic (exact) mass is 347 g/mol. The van der Waals surface area contributed by atoms with Crippen molar-refractivity contribution in [2.24, 2.45) is 0 Å². The zero-order valence-electron chi connectivity index (χ0n) is 14.4. The number of hydrogen-bond acceptors (Lipinski definition) is 4. The van der Waals surface area contributed by atoms with Crippen LogP contribution in [-0.4, -0.2) is 42.2 Å². The van der Waals surface area contributed by atoms with Gasteiger partial charge in [0.2, 0.25) is 0 Å². The van der Waals surface area contributed by atoms with E-state index in [0.717, 1.165) is 44.6 Å². The molecule has 2 heterocycles. The van der Waals surface area contributed by atoms with Crippen molar-refractivity contribution in [3.05, 3.63) is 48.0 Å². The van der Waals surface area contributed by atoms with Crippen LogP contribution < -0.4 is 0 Å². The molecule has 0 unspecified atom stereocenters. The van der Waals surface area contributed by atoms with Crippen LogP contribution in [0.4, 0.5) is 0 Å². The molecule has 6 heteroatoms. The third-order valence-corrected chi connectivity index (χ3v) is 5.93. The Balaban J connectivity index is 1.57. The molecule has 5 nitrogen and oxygen atoms in total. The number of likely N-dealkylation sites (tertiary alicyclic amines) is 1. The van der Waals surface area contributed by atoms with Crippen molar-refractivity contribution in [2.75, 3.05) is 19.3 Å². The van der Waals surface area contributed by atoms with Gasteiger partial charge >= 0.3 is 0 Å². The van der Waals surface area contributed by atoms with Crippen LogP contribution in [0.1, 0.15) is 37.1 Å². The first-order valence-electron chi connectivity index (χ1n) is 8.49. The molecule has 1 aliphatic rings. The van der Waals surface area contributed by atoms with E-state index in [1.54, 1.807) is 12.1 Å². The molecule has 0 aliphatic carbocycles. The average Bonchev–Trinajstić information content (AvgIpc) is 3.04. The third kappa shape index (κ3) is 3.87. The molecule has 0 atom stereocenters. The number of nitrogens with zero attached hydrogens (tertiary/aromatic N) is 3. The Kier molecular flexibility index (Phi) is 5.06. The van der Waals surface area contributed by atoms with Gasteiger partial charge in [0.1, 0.15) is 5.82 Å². The largest absolute Gasteiger partial charge is 0.335 e. The van der Waals surface area contributed by atoms with Crippen LogP contribution in [0.25, 0.3) is 0 Å². The van der Waals surface area contributed by atoms with Crippen LogP contribution in [0.2, 0.25) is 0 Å². The SMILES string of the molecule is CCn1ccnc1C1CCN(Cc2ccc(S(C)(=O)=O)cc2)CC1. The first-order chi connectivity index (χ1) is 11.5. The number of rotatable bonds is 5. The van der Waals surface area contributed by atoms with Crippen LogP contribution in [0.3, 0.4) is 0 Å². The summed E-state index contributed by atoms with van der Waals surface area (Å²) in [6.07, 6.45) is 7.45. The van der Waals surface area contributed by atoms with Crippen molar-refractivity contribution in [2.45, 2.75) is 43.7 Å². The summed E-state index contributed by atoms with van der Waals surface area (Å²) >= 11 is 0. The number of sulfone groups is 1. The Hall–Kier alpha value is -1.66. The van der Waals surface area contributed by atoms with E-state index in [-0.39, 0.29) is 0 Å². The molecule has 0 amide bonds. The van der Waals surface area contributed by atoms with Gasteiger partial charge in [-0.1, -0.05) is 12.1 Å². The molecule has 130 valence electrons. The minimum absolute atomic E-state index is 0.386. The Morgan fingerprint density at radius 2 is 1.83 bits per heavy atom. The van der Waals surface area contributed by atoms with E-state index in [1.807, 2.05) is 18.3 Å². The van der Waals surface area contributed by atoms with Crippen molar-refractivity contribution >= 4 is 9.84 Å². The Bertz CT molecular complexity index is 773. The van der Waals surface area contributed by atoms with Crippen molar-refractivity contribution in [1.29, 1.82) is 0 Å². The smallest absolute Gasteiger partial charge is 0.175 e. The second-order valence-electron chi connectivity index (χ2n) is 6.54. The quantitative estimate of drug-likeness (QED) is 0.834. The lowest BCUT2D eigenvalue weighted by Gasteiger charge is -2.31. The molecule has 0 bridgehead atoms. The first-order valence-corrected chi connectivity index (χ1v) is 10.4. The lowest BCUT2D eigenvalue weighted by molar-refractivity contribution is 0.200. The van der Waals surface area contributed by atoms with Gasteiger partial charge in [-0.05, 0) is 50.6 Å². The number of hydrogen-bond donors (Lipinski definition) is 0. The van der Waals surface area contributed by atoms with Crippen molar-refractivity contribution in [1.82, 2.24) is 14.5 Å². The van der Waals surface area contributed by atoms with E-state index in [1.165, 1.54) is 12.1 Å². The van der Waals surface area contributed by atoms with Gasteiger partial charge in [0.15, 0.2) is 9.84 Å². The fraction of sp³-hybridized carbons (Fsp3) is 0.500. The fourth-order valence-electron chi connectivity index (χ4n) is 3.40. The summed E-state index contributed by atoms with van der Waals surface area (Å²) in [6.45, 7) is 6.10. The zero-order chi connectivity index (χ0) is 17.2. The standard InChI is InChI=1S/C18H25N3O2S/c1-3-21-13-10-19-18(21)16-8-11-20(12-9-16)14-15-4-6-17(7-5-15)24(2,22)23/h4-7,10,13,16H,3,8-9,11-12,14H2,1-2H3. The molecule has 1 aromatic heterocycles. The Morgan fingerprint density at radius 3 is 2.42 bits per heavy atom. The molecule has 0 spiro atoms. The van der Waals surface area contributed by atoms with Gasteiger partial charge in [-0.2, -0.15) is 0 Å². The van der Waals surface area contributed by atoms with Gasteiger partial charge in [-0.25, -0.2) is 13.4 Å². The molecule has 24 heavy (non-hydrogen) atoms. The predicted octanol–water partition coefficient (Wildman–Crippen LogP) is 2.69. The molecule has 0 radical (unpaired) electrons. The van der Waals surface area contributed by atoms with Crippen molar-refractivity contribution in [3.8, 4) is 0 Å². The van der Waals surface area contributed by atoms with Crippen molar-refractivity contribution < 1.29 is 8.42 Å². The second kappa shape index (κ2) is 7.07. The fourth-order valence-corrected chi connectivity index (χ4v) is 4.03. The molecule has 3 rings (SSSR count). The predicted molar refractivity (Wildman–Crippen MR) is 94.7 cm³/mol. The highest BCUT2D eigenvalue weighted by atomic mass is 32.2. The normalized spacial score (nSPS) is 17.2. The van der Waals surface area contributed by atoms with E-state index in [2.05, 4.69) is 27.6 Å². The van der Waals surface area contributed by atoms with Crippen LogP contribution in [0, 0.1) is 0 Å². The zero-order valence-corrected chi connectivity index (χ0v) is 15.2. The van der Waals surface area contributed by atoms with Crippen LogP contribution in [0.5, 0.6) is 0 Å². The number of aromatic nitrogens is 2. The Labute approximate surface area is 144 Å². The summed E-state index contributed by atoms with van der Waals surface area (Å²) in [7, 11) is -3.11. The molecule has 1 aromatic carbocycles. The molecule has 1 saturated heterocycles. The summed E-state index contributed by atoms with van der Waals surface area (Å²) in [6, 6.07) is 7.25. The van der Waals surface area contributed by atoms with Gasteiger partial charge in [0.25, 0.3) is 0 Å². The van der Waals surface area contributed by atoms with Gasteiger partial charge < -0.3 is 4.57 Å². The number of piperidine rings is 1. The number of aryl methyl sites for hydroxylation is 1. The molecular weight excluding hydrogens is 322 g/mol. The topological polar surface area (TPSA) is 55.2 Å². The van der Waals surface area contributed by atoms with Crippen LogP contribution in [0.15, 0.2) is 41.6 Å². The summed E-state index contributed by atoms with van der Waals surface area (Å²) in [5, 5.41) is 0. The number of benzene rings is 1. The van der Waals surface area contributed by atoms with Gasteiger partial charge in [0, 0.05) is 37.7 Å². The maximum Gasteiger partial charge on any atom is 0.175 e. The summed E-state index contributed by atoms with van der Waals surface area (Å²) in [4.78, 5) is 7.36. The number of imidazole rings is 1. The van der Waals surface area contributed by atoms with Gasteiger partial charge in [-0.3, -0.25) is 4.90 Å². The minimum atomic E-state index is -3.11. The molecule has 0 N–H and O–H groups in total. The molecule has 1 aliphatic heterocycles. The van der Waals surface area contributed by atoms with Gasteiger partial charge in [0.05, 0.1) is 4.90 Å². The van der Waals surface area contributed by atoms with Crippen LogP contribution in [-0.2, 0) is 22.9 Å². The van der Waals surface area contributed by atoms with Crippen molar-refractivity contribution in [3.63, 3.8) is 0 Å². The molecule has 1 fully saturated rings. The highest BCUT2D eigenvalue weighted by Crippen LogP contribution is 2.27. The second-order valence-corrected chi connectivity index (χ2v) is 8.55. The van der Waals surface area contributed by atoms with E-state index >= 15 is 0 Å². The average molecular weight is 347 g/mol. The summed E-state index contributed by atoms with van der Waals surface area (Å²) in [5.74, 6) is 1.76. The van der Waals surface area contributed by atoms with Gasteiger partial charge in [-0.15, -0.1) is 0 Å². The summed E-state index contributed by atoms with van der Waals surface area (Å²) in [5.41, 5.74) is 1.16.